The van der Waals surface area contributed by atoms with Crippen molar-refractivity contribution in [3.63, 3.8) is 0 Å². The van der Waals surface area contributed by atoms with Crippen molar-refractivity contribution >= 4 is 22.8 Å². The predicted octanol–water partition coefficient (Wildman–Crippen LogP) is 2.61. The Hall–Kier alpha value is -3.08. The van der Waals surface area contributed by atoms with E-state index in [0.717, 1.165) is 22.0 Å². The lowest BCUT2D eigenvalue weighted by Crippen LogP contribution is -2.56. The molecule has 0 spiro atoms. The molecule has 0 atom stereocenters. The number of benzene rings is 2. The van der Waals surface area contributed by atoms with Gasteiger partial charge in [0.2, 0.25) is 0 Å². The van der Waals surface area contributed by atoms with Gasteiger partial charge in [-0.05, 0) is 23.3 Å². The van der Waals surface area contributed by atoms with Crippen LogP contribution in [0.3, 0.4) is 0 Å². The minimum atomic E-state index is -1.06. The standard InChI is InChI=1S/C20H18N2O3/c1-25-19(24)20(11-14-7-2-3-8-15(14)12-20)22-18(23)17-10-13-6-4-5-9-16(13)21-17/h2-10,21H,11-12H2,1H3,(H,22,23). The molecule has 0 fully saturated rings. The van der Waals surface area contributed by atoms with E-state index < -0.39 is 11.5 Å². The van der Waals surface area contributed by atoms with Crippen molar-refractivity contribution in [1.82, 2.24) is 10.3 Å². The number of methoxy groups -OCH3 is 1. The molecule has 5 heteroatoms. The van der Waals surface area contributed by atoms with Gasteiger partial charge in [0.1, 0.15) is 11.2 Å². The zero-order valence-electron chi connectivity index (χ0n) is 13.8. The van der Waals surface area contributed by atoms with E-state index in [2.05, 4.69) is 10.3 Å². The number of fused-ring (bicyclic) bond motifs is 2. The Kier molecular flexibility index (Phi) is 3.57. The summed E-state index contributed by atoms with van der Waals surface area (Å²) in [5.74, 6) is -0.734. The number of nitrogens with one attached hydrogen (secondary N) is 2. The maximum absolute atomic E-state index is 12.8. The highest BCUT2D eigenvalue weighted by Gasteiger charge is 2.46. The number of amides is 1. The van der Waals surface area contributed by atoms with Crippen molar-refractivity contribution < 1.29 is 14.3 Å². The molecule has 1 aliphatic carbocycles. The molecule has 4 rings (SSSR count). The van der Waals surface area contributed by atoms with Crippen LogP contribution in [0.4, 0.5) is 0 Å². The average Bonchev–Trinajstić information content (AvgIpc) is 3.22. The van der Waals surface area contributed by atoms with E-state index in [1.54, 1.807) is 6.07 Å². The Balaban J connectivity index is 1.66. The third kappa shape index (κ3) is 2.58. The number of para-hydroxylation sites is 1. The van der Waals surface area contributed by atoms with E-state index in [9.17, 15) is 9.59 Å². The normalized spacial score (nSPS) is 14.9. The second-order valence-corrected chi connectivity index (χ2v) is 6.42. The first-order chi connectivity index (χ1) is 12.1. The first-order valence-corrected chi connectivity index (χ1v) is 8.17. The van der Waals surface area contributed by atoms with Crippen LogP contribution in [0.15, 0.2) is 54.6 Å². The number of aromatic nitrogens is 1. The molecule has 0 unspecified atom stereocenters. The summed E-state index contributed by atoms with van der Waals surface area (Å²) in [6.45, 7) is 0. The number of esters is 1. The molecule has 1 aliphatic rings. The van der Waals surface area contributed by atoms with Crippen LogP contribution >= 0.6 is 0 Å². The van der Waals surface area contributed by atoms with Crippen molar-refractivity contribution in [2.75, 3.05) is 7.11 Å². The van der Waals surface area contributed by atoms with E-state index in [1.807, 2.05) is 48.5 Å². The number of H-pyrrole nitrogens is 1. The van der Waals surface area contributed by atoms with Crippen LogP contribution in [-0.2, 0) is 22.4 Å². The number of rotatable bonds is 3. The quantitative estimate of drug-likeness (QED) is 0.723. The molecule has 2 aromatic carbocycles. The van der Waals surface area contributed by atoms with Crippen molar-refractivity contribution in [1.29, 1.82) is 0 Å². The second-order valence-electron chi connectivity index (χ2n) is 6.42. The van der Waals surface area contributed by atoms with Gasteiger partial charge in [0.25, 0.3) is 5.91 Å². The van der Waals surface area contributed by atoms with Crippen molar-refractivity contribution in [2.24, 2.45) is 0 Å². The smallest absolute Gasteiger partial charge is 0.332 e. The molecule has 0 saturated heterocycles. The summed E-state index contributed by atoms with van der Waals surface area (Å²) >= 11 is 0. The maximum atomic E-state index is 12.8. The molecule has 25 heavy (non-hydrogen) atoms. The third-order valence-corrected chi connectivity index (χ3v) is 4.81. The highest BCUT2D eigenvalue weighted by atomic mass is 16.5. The van der Waals surface area contributed by atoms with Gasteiger partial charge in [-0.2, -0.15) is 0 Å². The first-order valence-electron chi connectivity index (χ1n) is 8.17. The number of carbonyl (C=O) groups is 2. The summed E-state index contributed by atoms with van der Waals surface area (Å²) in [6, 6.07) is 17.3. The van der Waals surface area contributed by atoms with E-state index in [1.165, 1.54) is 7.11 Å². The maximum Gasteiger partial charge on any atom is 0.332 e. The van der Waals surface area contributed by atoms with Crippen molar-refractivity contribution in [3.05, 3.63) is 71.4 Å². The zero-order chi connectivity index (χ0) is 17.4. The molecule has 5 nitrogen and oxygen atoms in total. The van der Waals surface area contributed by atoms with Gasteiger partial charge < -0.3 is 15.0 Å². The van der Waals surface area contributed by atoms with E-state index in [0.29, 0.717) is 18.5 Å². The summed E-state index contributed by atoms with van der Waals surface area (Å²) in [6.07, 6.45) is 0.865. The Morgan fingerprint density at radius 2 is 1.68 bits per heavy atom. The van der Waals surface area contributed by atoms with Gasteiger partial charge in [-0.15, -0.1) is 0 Å². The Morgan fingerprint density at radius 1 is 1.04 bits per heavy atom. The Bertz CT molecular complexity index is 916. The van der Waals surface area contributed by atoms with Crippen LogP contribution in [-0.4, -0.2) is 29.5 Å². The summed E-state index contributed by atoms with van der Waals surface area (Å²) in [4.78, 5) is 28.4. The third-order valence-electron chi connectivity index (χ3n) is 4.81. The molecule has 1 heterocycles. The molecule has 1 aromatic heterocycles. The fourth-order valence-electron chi connectivity index (χ4n) is 3.57. The molecule has 3 aromatic rings. The van der Waals surface area contributed by atoms with Gasteiger partial charge >= 0.3 is 5.97 Å². The van der Waals surface area contributed by atoms with Crippen LogP contribution in [0.5, 0.6) is 0 Å². The summed E-state index contributed by atoms with van der Waals surface area (Å²) in [5, 5.41) is 3.88. The fourth-order valence-corrected chi connectivity index (χ4v) is 3.57. The number of aromatic amines is 1. The average molecular weight is 334 g/mol. The fraction of sp³-hybridized carbons (Fsp3) is 0.200. The molecular weight excluding hydrogens is 316 g/mol. The molecule has 1 amide bonds. The van der Waals surface area contributed by atoms with Crippen LogP contribution in [0.25, 0.3) is 10.9 Å². The molecule has 126 valence electrons. The molecule has 0 bridgehead atoms. The largest absolute Gasteiger partial charge is 0.467 e. The van der Waals surface area contributed by atoms with Crippen LogP contribution in [0.2, 0.25) is 0 Å². The molecule has 2 N–H and O–H groups in total. The number of hydrogen-bond donors (Lipinski definition) is 2. The van der Waals surface area contributed by atoms with Gasteiger partial charge in [-0.3, -0.25) is 4.79 Å². The number of carbonyl (C=O) groups excluding carboxylic acids is 2. The topological polar surface area (TPSA) is 71.2 Å². The summed E-state index contributed by atoms with van der Waals surface area (Å²) in [5.41, 5.74) is 2.37. The number of ether oxygens (including phenoxy) is 1. The SMILES string of the molecule is COC(=O)C1(NC(=O)c2cc3ccccc3[nH]2)Cc2ccccc2C1. The lowest BCUT2D eigenvalue weighted by atomic mass is 9.95. The molecule has 0 radical (unpaired) electrons. The monoisotopic (exact) mass is 334 g/mol. The van der Waals surface area contributed by atoms with Crippen molar-refractivity contribution in [3.8, 4) is 0 Å². The van der Waals surface area contributed by atoms with Gasteiger partial charge in [-0.1, -0.05) is 42.5 Å². The van der Waals surface area contributed by atoms with Crippen LogP contribution in [0, 0.1) is 0 Å². The summed E-state index contributed by atoms with van der Waals surface area (Å²) < 4.78 is 5.00. The van der Waals surface area contributed by atoms with Gasteiger partial charge in [-0.25, -0.2) is 4.79 Å². The summed E-state index contributed by atoms with van der Waals surface area (Å²) in [7, 11) is 1.35. The Morgan fingerprint density at radius 3 is 2.32 bits per heavy atom. The molecular formula is C20H18N2O3. The van der Waals surface area contributed by atoms with Crippen LogP contribution < -0.4 is 5.32 Å². The molecule has 0 saturated carbocycles. The predicted molar refractivity (Wildman–Crippen MR) is 94.4 cm³/mol. The second kappa shape index (κ2) is 5.77. The lowest BCUT2D eigenvalue weighted by molar-refractivity contribution is -0.147. The highest BCUT2D eigenvalue weighted by molar-refractivity contribution is 6.01. The zero-order valence-corrected chi connectivity index (χ0v) is 13.8. The van der Waals surface area contributed by atoms with E-state index >= 15 is 0 Å². The Labute approximate surface area is 145 Å². The molecule has 0 aliphatic heterocycles. The van der Waals surface area contributed by atoms with Gasteiger partial charge in [0.05, 0.1) is 7.11 Å². The van der Waals surface area contributed by atoms with Crippen molar-refractivity contribution in [2.45, 2.75) is 18.4 Å². The minimum absolute atomic E-state index is 0.311. The first kappa shape index (κ1) is 15.4. The van der Waals surface area contributed by atoms with E-state index in [4.69, 9.17) is 4.74 Å². The van der Waals surface area contributed by atoms with Gasteiger partial charge in [0.15, 0.2) is 0 Å². The van der Waals surface area contributed by atoms with E-state index in [-0.39, 0.29) is 5.91 Å². The highest BCUT2D eigenvalue weighted by Crippen LogP contribution is 2.31. The minimum Gasteiger partial charge on any atom is -0.467 e. The lowest BCUT2D eigenvalue weighted by Gasteiger charge is -2.27. The number of hydrogen-bond acceptors (Lipinski definition) is 3. The van der Waals surface area contributed by atoms with Crippen LogP contribution in [0.1, 0.15) is 21.6 Å². The van der Waals surface area contributed by atoms with Gasteiger partial charge in [0, 0.05) is 23.7 Å².